The molecule has 0 radical (unpaired) electrons. The molecule has 8 heteroatoms. The number of nitrogens with zero attached hydrogens (tertiary/aromatic N) is 3. The van der Waals surface area contributed by atoms with E-state index in [1.54, 1.807) is 25.0 Å². The van der Waals surface area contributed by atoms with Gasteiger partial charge >= 0.3 is 6.16 Å². The minimum absolute atomic E-state index is 0.0200. The second-order valence-corrected chi connectivity index (χ2v) is 9.58. The zero-order chi connectivity index (χ0) is 25.5. The monoisotopic (exact) mass is 489 g/mol. The van der Waals surface area contributed by atoms with Crippen LogP contribution in [-0.4, -0.2) is 42.1 Å². The van der Waals surface area contributed by atoms with Gasteiger partial charge in [0, 0.05) is 25.9 Å². The summed E-state index contributed by atoms with van der Waals surface area (Å²) < 4.78 is 18.1. The average molecular weight is 490 g/mol. The number of carbonyl (C=O) groups excluding carboxylic acids is 1. The van der Waals surface area contributed by atoms with Crippen LogP contribution in [0.15, 0.2) is 29.3 Å². The van der Waals surface area contributed by atoms with E-state index in [1.165, 1.54) is 5.56 Å². The van der Waals surface area contributed by atoms with Crippen LogP contribution in [0.3, 0.4) is 0 Å². The average Bonchev–Trinajstić information content (AvgIpc) is 3.01. The second-order valence-electron chi connectivity index (χ2n) is 9.20. The largest absolute Gasteiger partial charge is 0.511 e. The van der Waals surface area contributed by atoms with Crippen molar-refractivity contribution in [1.29, 1.82) is 0 Å². The van der Waals surface area contributed by atoms with Gasteiger partial charge in [0.05, 0.1) is 10.7 Å². The molecule has 2 rings (SSSR count). The molecule has 0 N–H and O–H groups in total. The Kier molecular flexibility index (Phi) is 9.74. The van der Waals surface area contributed by atoms with Gasteiger partial charge in [0.25, 0.3) is 0 Å². The number of benzene rings is 1. The third-order valence-corrected chi connectivity index (χ3v) is 5.75. The van der Waals surface area contributed by atoms with Crippen LogP contribution in [-0.2, 0) is 26.7 Å². The van der Waals surface area contributed by atoms with E-state index in [0.29, 0.717) is 27.7 Å². The van der Waals surface area contributed by atoms with Crippen LogP contribution in [0.25, 0.3) is 11.3 Å². The molecule has 0 spiro atoms. The normalized spacial score (nSPS) is 13.6. The summed E-state index contributed by atoms with van der Waals surface area (Å²) in [4.78, 5) is 16.3. The van der Waals surface area contributed by atoms with Crippen molar-refractivity contribution in [2.24, 2.45) is 12.0 Å². The maximum absolute atomic E-state index is 12.1. The Morgan fingerprint density at radius 1 is 1.24 bits per heavy atom. The number of aromatic nitrogens is 2. The van der Waals surface area contributed by atoms with Gasteiger partial charge < -0.3 is 14.2 Å². The molecule has 0 saturated heterocycles. The summed E-state index contributed by atoms with van der Waals surface area (Å²) in [5.74, 6) is 0.400. The number of aliphatic imine (C=N–C) groups is 1. The van der Waals surface area contributed by atoms with Crippen LogP contribution >= 0.6 is 11.6 Å². The molecule has 7 nitrogen and oxygen atoms in total. The lowest BCUT2D eigenvalue weighted by Gasteiger charge is -2.20. The van der Waals surface area contributed by atoms with Gasteiger partial charge in [-0.1, -0.05) is 70.0 Å². The molecule has 0 saturated carbocycles. The first kappa shape index (κ1) is 27.4. The molecule has 0 aliphatic heterocycles. The van der Waals surface area contributed by atoms with Crippen LogP contribution in [0.2, 0.25) is 5.02 Å². The summed E-state index contributed by atoms with van der Waals surface area (Å²) in [6.45, 7) is 11.8. The van der Waals surface area contributed by atoms with Crippen molar-refractivity contribution in [3.05, 3.63) is 51.8 Å². The number of halogens is 1. The summed E-state index contributed by atoms with van der Waals surface area (Å²) in [7, 11) is 3.46. The third-order valence-electron chi connectivity index (χ3n) is 5.30. The van der Waals surface area contributed by atoms with Gasteiger partial charge in [0.1, 0.15) is 11.8 Å². The summed E-state index contributed by atoms with van der Waals surface area (Å²) in [6, 6.07) is 8.18. The van der Waals surface area contributed by atoms with E-state index in [0.717, 1.165) is 18.4 Å². The van der Waals surface area contributed by atoms with Crippen molar-refractivity contribution in [3.8, 4) is 0 Å². The number of hydrogen-bond donors (Lipinski definition) is 0. The van der Waals surface area contributed by atoms with Gasteiger partial charge in [-0.05, 0) is 36.8 Å². The minimum atomic E-state index is -0.784. The lowest BCUT2D eigenvalue weighted by atomic mass is 9.86. The Morgan fingerprint density at radius 2 is 1.88 bits per heavy atom. The molecule has 0 fully saturated rings. The van der Waals surface area contributed by atoms with Crippen LogP contribution < -0.4 is 0 Å². The molecule has 0 aliphatic carbocycles. The lowest BCUT2D eigenvalue weighted by molar-refractivity contribution is -0.0214. The number of carbonyl (C=O) groups is 1. The smallest absolute Gasteiger partial charge is 0.454 e. The van der Waals surface area contributed by atoms with Gasteiger partial charge in [-0.15, -0.1) is 0 Å². The Bertz CT molecular complexity index is 1030. The van der Waals surface area contributed by atoms with Gasteiger partial charge in [-0.25, -0.2) is 4.79 Å². The molecular formula is C26H36ClN3O4. The van der Waals surface area contributed by atoms with Gasteiger partial charge in [-0.3, -0.25) is 9.67 Å². The van der Waals surface area contributed by atoms with Crippen molar-refractivity contribution in [2.45, 2.75) is 65.9 Å². The highest BCUT2D eigenvalue weighted by Crippen LogP contribution is 2.33. The Labute approximate surface area is 207 Å². The first-order valence-electron chi connectivity index (χ1n) is 11.4. The van der Waals surface area contributed by atoms with Crippen LogP contribution in [0.5, 0.6) is 0 Å². The second kappa shape index (κ2) is 12.1. The Morgan fingerprint density at radius 3 is 2.38 bits per heavy atom. The molecule has 34 heavy (non-hydrogen) atoms. The fourth-order valence-electron chi connectivity index (χ4n) is 3.50. The van der Waals surface area contributed by atoms with Gasteiger partial charge in [0.15, 0.2) is 5.76 Å². The topological polar surface area (TPSA) is 74.9 Å². The van der Waals surface area contributed by atoms with Crippen molar-refractivity contribution in [1.82, 2.24) is 9.78 Å². The van der Waals surface area contributed by atoms with E-state index in [1.807, 2.05) is 32.9 Å². The molecule has 0 aliphatic rings. The first-order chi connectivity index (χ1) is 16.0. The number of ether oxygens (including phenoxy) is 3. The molecule has 1 aromatic heterocycles. The van der Waals surface area contributed by atoms with Gasteiger partial charge in [0.2, 0.25) is 6.79 Å². The van der Waals surface area contributed by atoms with E-state index < -0.39 is 6.16 Å². The third kappa shape index (κ3) is 7.10. The fourth-order valence-corrected chi connectivity index (χ4v) is 3.74. The first-order valence-corrected chi connectivity index (χ1v) is 11.8. The predicted octanol–water partition coefficient (Wildman–Crippen LogP) is 6.56. The summed E-state index contributed by atoms with van der Waals surface area (Å²) in [5, 5.41) is 4.86. The van der Waals surface area contributed by atoms with Crippen molar-refractivity contribution in [3.63, 3.8) is 0 Å². The number of rotatable bonds is 9. The summed E-state index contributed by atoms with van der Waals surface area (Å²) >= 11 is 6.60. The maximum atomic E-state index is 12.1. The van der Waals surface area contributed by atoms with E-state index in [2.05, 4.69) is 43.0 Å². The lowest BCUT2D eigenvalue weighted by Crippen LogP contribution is -2.17. The number of hydrogen-bond acceptors (Lipinski definition) is 6. The molecular weight excluding hydrogens is 454 g/mol. The molecule has 1 unspecified atom stereocenters. The van der Waals surface area contributed by atoms with E-state index in [9.17, 15) is 4.79 Å². The molecule has 1 aromatic carbocycles. The highest BCUT2D eigenvalue weighted by molar-refractivity contribution is 6.33. The van der Waals surface area contributed by atoms with Gasteiger partial charge in [-0.2, -0.15) is 5.10 Å². The van der Waals surface area contributed by atoms with Crippen LogP contribution in [0.4, 0.5) is 4.79 Å². The zero-order valence-corrected chi connectivity index (χ0v) is 22.2. The van der Waals surface area contributed by atoms with E-state index in [4.69, 9.17) is 25.8 Å². The molecule has 0 bridgehead atoms. The Hall–Kier alpha value is -2.80. The van der Waals surface area contributed by atoms with Crippen molar-refractivity contribution in [2.75, 3.05) is 13.8 Å². The number of allylic oxidation sites excluding steroid dienone is 1. The minimum Gasteiger partial charge on any atom is -0.454 e. The Balaban J connectivity index is 2.46. The van der Waals surface area contributed by atoms with Crippen molar-refractivity contribution >= 4 is 35.3 Å². The quantitative estimate of drug-likeness (QED) is 0.172. The SMILES string of the molecule is CCCC(C)OC(=O)OCO/C(=C(/C=NC)c1ccc(C(C)(C)C)cc1)c1c(Cl)c(C)nn1C. The number of aryl methyl sites for hydroxylation is 2. The van der Waals surface area contributed by atoms with Crippen LogP contribution in [0, 0.1) is 6.92 Å². The molecule has 186 valence electrons. The predicted molar refractivity (Wildman–Crippen MR) is 137 cm³/mol. The molecule has 1 heterocycles. The molecule has 2 aromatic rings. The molecule has 0 amide bonds. The standard InChI is InChI=1S/C26H36ClN3O4/c1-9-10-17(2)34-25(31)33-16-32-24(23-22(27)18(3)29-30(23)8)21(15-28-7)19-11-13-20(14-12-19)26(4,5)6/h11-15,17H,9-10,16H2,1-8H3/b24-21-,28-15?. The highest BCUT2D eigenvalue weighted by Gasteiger charge is 2.23. The van der Waals surface area contributed by atoms with E-state index >= 15 is 0 Å². The summed E-state index contributed by atoms with van der Waals surface area (Å²) in [6.07, 6.45) is 2.34. The van der Waals surface area contributed by atoms with Crippen LogP contribution in [0.1, 0.15) is 70.0 Å². The maximum Gasteiger partial charge on any atom is 0.511 e. The summed E-state index contributed by atoms with van der Waals surface area (Å²) in [5.41, 5.74) is 4.00. The van der Waals surface area contributed by atoms with E-state index in [-0.39, 0.29) is 18.3 Å². The fraction of sp³-hybridized carbons (Fsp3) is 0.500. The van der Waals surface area contributed by atoms with Crippen molar-refractivity contribution < 1.29 is 19.0 Å². The molecule has 1 atom stereocenters. The highest BCUT2D eigenvalue weighted by atomic mass is 35.5. The zero-order valence-electron chi connectivity index (χ0n) is 21.4.